The van der Waals surface area contributed by atoms with Crippen LogP contribution >= 0.6 is 23.1 Å². The number of ether oxygens (including phenoxy) is 1. The molecule has 0 bridgehead atoms. The number of amides is 2. The number of carbonyl (C=O) groups is 2. The molecule has 1 aromatic heterocycles. The number of urea groups is 1. The zero-order valence-electron chi connectivity index (χ0n) is 17.2. The van der Waals surface area contributed by atoms with Crippen LogP contribution < -0.4 is 10.2 Å². The van der Waals surface area contributed by atoms with Gasteiger partial charge in [0, 0.05) is 6.54 Å². The van der Waals surface area contributed by atoms with E-state index in [1.807, 2.05) is 0 Å². The summed E-state index contributed by atoms with van der Waals surface area (Å²) in [5.41, 5.74) is -0.0865. The van der Waals surface area contributed by atoms with E-state index in [0.717, 1.165) is 42.4 Å². The molecule has 0 spiro atoms. The van der Waals surface area contributed by atoms with Gasteiger partial charge in [-0.2, -0.15) is 0 Å². The largest absolute Gasteiger partial charge is 0.465 e. The molecule has 2 amide bonds. The van der Waals surface area contributed by atoms with Gasteiger partial charge in [-0.1, -0.05) is 36.7 Å². The number of thiazole rings is 1. The minimum Gasteiger partial charge on any atom is -0.465 e. The van der Waals surface area contributed by atoms with E-state index in [2.05, 4.69) is 10.3 Å². The number of nitrogens with zero attached hydrogens (tertiary/aromatic N) is 2. The van der Waals surface area contributed by atoms with E-state index in [9.17, 15) is 18.4 Å². The molecular formula is C21H25F2N3O3S2. The highest BCUT2D eigenvalue weighted by molar-refractivity contribution is 8.01. The van der Waals surface area contributed by atoms with Crippen LogP contribution in [0.15, 0.2) is 28.6 Å². The minimum absolute atomic E-state index is 0.0865. The number of rotatable bonds is 8. The highest BCUT2D eigenvalue weighted by Crippen LogP contribution is 2.31. The standard InChI is InChI=1S/C21H25F2N3O3S2/c1-2-29-17(27)13-30-18-11-24-20(31-18)25-21(28)26(12-14-7-4-3-5-8-14)16-10-6-9-15(22)19(16)23/h6,9-11,14H,2-5,7-8,12-13H2,1H3,(H,24,25,28). The molecule has 0 unspecified atom stereocenters. The molecule has 1 saturated carbocycles. The van der Waals surface area contributed by atoms with Gasteiger partial charge in [-0.3, -0.25) is 15.0 Å². The van der Waals surface area contributed by atoms with Crippen LogP contribution in [0, 0.1) is 17.6 Å². The van der Waals surface area contributed by atoms with Crippen LogP contribution in [0.3, 0.4) is 0 Å². The van der Waals surface area contributed by atoms with Crippen molar-refractivity contribution in [1.82, 2.24) is 4.98 Å². The summed E-state index contributed by atoms with van der Waals surface area (Å²) in [5.74, 6) is -1.99. The van der Waals surface area contributed by atoms with Crippen molar-refractivity contribution in [2.45, 2.75) is 43.2 Å². The Morgan fingerprint density at radius 1 is 1.29 bits per heavy atom. The van der Waals surface area contributed by atoms with Gasteiger partial charge in [0.1, 0.15) is 0 Å². The second-order valence-corrected chi connectivity index (χ2v) is 9.50. The van der Waals surface area contributed by atoms with Crippen LogP contribution in [0.1, 0.15) is 39.0 Å². The lowest BCUT2D eigenvalue weighted by molar-refractivity contribution is -0.139. The average molecular weight is 470 g/mol. The Hall–Kier alpha value is -2.20. The van der Waals surface area contributed by atoms with Crippen molar-refractivity contribution < 1.29 is 23.1 Å². The minimum atomic E-state index is -1.04. The number of esters is 1. The van der Waals surface area contributed by atoms with Crippen LogP contribution in [0.2, 0.25) is 0 Å². The SMILES string of the molecule is CCOC(=O)CSc1cnc(NC(=O)N(CC2CCCCC2)c2cccc(F)c2F)s1. The first-order valence-electron chi connectivity index (χ1n) is 10.2. The van der Waals surface area contributed by atoms with Crippen molar-refractivity contribution in [1.29, 1.82) is 0 Å². The quantitative estimate of drug-likeness (QED) is 0.397. The molecule has 3 rings (SSSR count). The molecule has 31 heavy (non-hydrogen) atoms. The van der Waals surface area contributed by atoms with Crippen LogP contribution in [-0.2, 0) is 9.53 Å². The maximum Gasteiger partial charge on any atom is 0.328 e. The van der Waals surface area contributed by atoms with Crippen molar-refractivity contribution in [3.05, 3.63) is 36.0 Å². The number of carbonyl (C=O) groups excluding carboxylic acids is 2. The molecule has 1 aliphatic carbocycles. The Morgan fingerprint density at radius 3 is 2.81 bits per heavy atom. The fourth-order valence-corrected chi connectivity index (χ4v) is 5.15. The van der Waals surface area contributed by atoms with E-state index in [-0.39, 0.29) is 23.3 Å². The molecule has 1 fully saturated rings. The second-order valence-electron chi connectivity index (χ2n) is 7.20. The molecule has 0 saturated heterocycles. The van der Waals surface area contributed by atoms with E-state index >= 15 is 0 Å². The monoisotopic (exact) mass is 469 g/mol. The summed E-state index contributed by atoms with van der Waals surface area (Å²) in [7, 11) is 0. The van der Waals surface area contributed by atoms with Crippen LogP contribution in [0.5, 0.6) is 0 Å². The van der Waals surface area contributed by atoms with E-state index in [0.29, 0.717) is 18.3 Å². The van der Waals surface area contributed by atoms with Gasteiger partial charge in [0.15, 0.2) is 16.8 Å². The Labute approximate surface area is 188 Å². The zero-order chi connectivity index (χ0) is 22.2. The summed E-state index contributed by atoms with van der Waals surface area (Å²) in [6.45, 7) is 2.36. The number of benzene rings is 1. The summed E-state index contributed by atoms with van der Waals surface area (Å²) in [6, 6.07) is 3.26. The lowest BCUT2D eigenvalue weighted by Crippen LogP contribution is -2.39. The van der Waals surface area contributed by atoms with Crippen molar-refractivity contribution in [3.8, 4) is 0 Å². The van der Waals surface area contributed by atoms with E-state index in [1.165, 1.54) is 40.1 Å². The number of halogens is 2. The predicted octanol–water partition coefficient (Wildman–Crippen LogP) is 5.70. The van der Waals surface area contributed by atoms with Gasteiger partial charge in [0.25, 0.3) is 0 Å². The molecule has 10 heteroatoms. The molecule has 0 radical (unpaired) electrons. The first-order chi connectivity index (χ1) is 15.0. The number of aromatic nitrogens is 1. The molecule has 1 N–H and O–H groups in total. The first kappa shape index (κ1) is 23.5. The topological polar surface area (TPSA) is 71.5 Å². The van der Waals surface area contributed by atoms with Crippen molar-refractivity contribution >= 4 is 45.9 Å². The molecule has 2 aromatic rings. The van der Waals surface area contributed by atoms with Crippen LogP contribution in [0.25, 0.3) is 0 Å². The van der Waals surface area contributed by atoms with Gasteiger partial charge >= 0.3 is 12.0 Å². The van der Waals surface area contributed by atoms with Gasteiger partial charge in [-0.05, 0) is 37.8 Å². The molecular weight excluding hydrogens is 444 g/mol. The molecule has 6 nitrogen and oxygen atoms in total. The summed E-state index contributed by atoms with van der Waals surface area (Å²) in [4.78, 5) is 29.9. The Kier molecular flexibility index (Phi) is 8.65. The van der Waals surface area contributed by atoms with E-state index in [1.54, 1.807) is 13.1 Å². The Morgan fingerprint density at radius 2 is 2.06 bits per heavy atom. The van der Waals surface area contributed by atoms with Gasteiger partial charge in [0.2, 0.25) is 0 Å². The number of anilines is 2. The van der Waals surface area contributed by atoms with Crippen molar-refractivity contribution in [2.75, 3.05) is 29.1 Å². The average Bonchev–Trinajstić information content (AvgIpc) is 3.21. The highest BCUT2D eigenvalue weighted by atomic mass is 32.2. The summed E-state index contributed by atoms with van der Waals surface area (Å²) < 4.78 is 33.9. The van der Waals surface area contributed by atoms with Gasteiger partial charge in [-0.25, -0.2) is 18.6 Å². The molecule has 1 aliphatic rings. The molecule has 0 aliphatic heterocycles. The van der Waals surface area contributed by atoms with Crippen LogP contribution in [0.4, 0.5) is 24.4 Å². The lowest BCUT2D eigenvalue weighted by Gasteiger charge is -2.30. The number of hydrogen-bond donors (Lipinski definition) is 1. The Balaban J connectivity index is 1.71. The molecule has 0 atom stereocenters. The molecule has 168 valence electrons. The van der Waals surface area contributed by atoms with Gasteiger partial charge in [0.05, 0.1) is 28.5 Å². The van der Waals surface area contributed by atoms with E-state index < -0.39 is 17.7 Å². The maximum absolute atomic E-state index is 14.5. The van der Waals surface area contributed by atoms with E-state index in [4.69, 9.17) is 4.74 Å². The predicted molar refractivity (Wildman–Crippen MR) is 119 cm³/mol. The maximum atomic E-state index is 14.5. The van der Waals surface area contributed by atoms with Crippen molar-refractivity contribution in [2.24, 2.45) is 5.92 Å². The van der Waals surface area contributed by atoms with Gasteiger partial charge in [-0.15, -0.1) is 11.8 Å². The Bertz CT molecular complexity index is 904. The first-order valence-corrected chi connectivity index (χ1v) is 12.0. The number of nitrogens with one attached hydrogen (secondary N) is 1. The highest BCUT2D eigenvalue weighted by Gasteiger charge is 2.26. The third-order valence-electron chi connectivity index (χ3n) is 4.97. The van der Waals surface area contributed by atoms with Crippen LogP contribution in [-0.4, -0.2) is 35.9 Å². The fraction of sp³-hybridized carbons (Fsp3) is 0.476. The third-order valence-corrected chi connectivity index (χ3v) is 7.05. The normalized spacial score (nSPS) is 14.3. The summed E-state index contributed by atoms with van der Waals surface area (Å²) in [5, 5.41) is 3.01. The number of thioether (sulfide) groups is 1. The zero-order valence-corrected chi connectivity index (χ0v) is 18.9. The molecule has 1 heterocycles. The third kappa shape index (κ3) is 6.64. The summed E-state index contributed by atoms with van der Waals surface area (Å²) >= 11 is 2.47. The lowest BCUT2D eigenvalue weighted by atomic mass is 9.89. The van der Waals surface area contributed by atoms with Crippen molar-refractivity contribution in [3.63, 3.8) is 0 Å². The van der Waals surface area contributed by atoms with Gasteiger partial charge < -0.3 is 4.74 Å². The smallest absolute Gasteiger partial charge is 0.328 e. The second kappa shape index (κ2) is 11.4. The fourth-order valence-electron chi connectivity index (χ4n) is 3.49. The number of hydrogen-bond acceptors (Lipinski definition) is 6. The summed E-state index contributed by atoms with van der Waals surface area (Å²) in [6.07, 6.45) is 6.75. The molecule has 1 aromatic carbocycles.